The second-order valence-electron chi connectivity index (χ2n) is 7.53. The van der Waals surface area contributed by atoms with E-state index >= 15 is 0 Å². The topological polar surface area (TPSA) is 18.5 Å². The summed E-state index contributed by atoms with van der Waals surface area (Å²) in [7, 11) is 0. The summed E-state index contributed by atoms with van der Waals surface area (Å²) in [4.78, 5) is 0. The van der Waals surface area contributed by atoms with Crippen LogP contribution in [0.4, 0.5) is 0 Å². The predicted octanol–water partition coefficient (Wildman–Crippen LogP) is 8.04. The molecule has 0 aromatic carbocycles. The van der Waals surface area contributed by atoms with Crippen molar-refractivity contribution in [3.05, 3.63) is 0 Å². The lowest BCUT2D eigenvalue weighted by molar-refractivity contribution is -0.144. The van der Waals surface area contributed by atoms with E-state index in [1.165, 1.54) is 103 Å². The van der Waals surface area contributed by atoms with Gasteiger partial charge in [0.15, 0.2) is 6.29 Å². The van der Waals surface area contributed by atoms with E-state index in [1.54, 1.807) is 0 Å². The molecule has 0 unspecified atom stereocenters. The zero-order valence-corrected chi connectivity index (χ0v) is 17.8. The molecule has 0 saturated carbocycles. The normalized spacial score (nSPS) is 11.5. The molecule has 0 fully saturated rings. The Hall–Kier alpha value is -0.0800. The minimum Gasteiger partial charge on any atom is -0.353 e. The average molecular weight is 357 g/mol. The Morgan fingerprint density at radius 2 is 0.760 bits per heavy atom. The first-order valence-corrected chi connectivity index (χ1v) is 11.6. The van der Waals surface area contributed by atoms with Gasteiger partial charge in [-0.25, -0.2) is 0 Å². The maximum Gasteiger partial charge on any atom is 0.157 e. The number of rotatable bonds is 21. The molecule has 0 aromatic rings. The number of hydrogen-bond acceptors (Lipinski definition) is 2. The van der Waals surface area contributed by atoms with E-state index in [9.17, 15) is 0 Å². The van der Waals surface area contributed by atoms with Crippen molar-refractivity contribution in [3.8, 4) is 0 Å². The minimum atomic E-state index is 0.0223. The van der Waals surface area contributed by atoms with Crippen LogP contribution in [0, 0.1) is 0 Å². The molecule has 25 heavy (non-hydrogen) atoms. The molecule has 0 radical (unpaired) electrons. The molecular formula is C23H48O2. The molecule has 0 saturated heterocycles. The van der Waals surface area contributed by atoms with E-state index < -0.39 is 0 Å². The molecule has 0 rings (SSSR count). The van der Waals surface area contributed by atoms with Gasteiger partial charge in [0.1, 0.15) is 0 Å². The molecule has 2 heteroatoms. The Labute approximate surface area is 159 Å². The van der Waals surface area contributed by atoms with Crippen LogP contribution in [-0.2, 0) is 9.47 Å². The number of unbranched alkanes of at least 4 members (excludes halogenated alkanes) is 14. The lowest BCUT2D eigenvalue weighted by Gasteiger charge is -2.17. The average Bonchev–Trinajstić information content (AvgIpc) is 2.63. The lowest BCUT2D eigenvalue weighted by Crippen LogP contribution is -2.17. The molecule has 0 aliphatic rings. The van der Waals surface area contributed by atoms with Crippen LogP contribution in [0.5, 0.6) is 0 Å². The largest absolute Gasteiger partial charge is 0.353 e. The van der Waals surface area contributed by atoms with Gasteiger partial charge in [-0.2, -0.15) is 0 Å². The maximum atomic E-state index is 5.89. The van der Waals surface area contributed by atoms with Crippen LogP contribution in [0.1, 0.15) is 130 Å². The highest BCUT2D eigenvalue weighted by Gasteiger charge is 2.06. The van der Waals surface area contributed by atoms with Gasteiger partial charge in [-0.3, -0.25) is 0 Å². The van der Waals surface area contributed by atoms with Crippen molar-refractivity contribution in [2.24, 2.45) is 0 Å². The summed E-state index contributed by atoms with van der Waals surface area (Å²) in [5.41, 5.74) is 0. The van der Waals surface area contributed by atoms with Gasteiger partial charge >= 0.3 is 0 Å². The highest BCUT2D eigenvalue weighted by molar-refractivity contribution is 4.49. The third kappa shape index (κ3) is 20.1. The first kappa shape index (κ1) is 24.9. The predicted molar refractivity (Wildman–Crippen MR) is 111 cm³/mol. The van der Waals surface area contributed by atoms with Gasteiger partial charge in [0.2, 0.25) is 0 Å². The molecule has 0 spiro atoms. The van der Waals surface area contributed by atoms with Gasteiger partial charge in [-0.1, -0.05) is 111 Å². The fourth-order valence-corrected chi connectivity index (χ4v) is 3.19. The van der Waals surface area contributed by atoms with E-state index in [0.29, 0.717) is 0 Å². The second-order valence-corrected chi connectivity index (χ2v) is 7.53. The van der Waals surface area contributed by atoms with Crippen LogP contribution >= 0.6 is 0 Å². The molecule has 0 aromatic heterocycles. The SMILES string of the molecule is CCCCCCCCCCOC(CC)OCCCCCCCCCC. The van der Waals surface area contributed by atoms with Crippen molar-refractivity contribution in [2.45, 2.75) is 136 Å². The molecule has 0 amide bonds. The molecule has 0 aliphatic carbocycles. The summed E-state index contributed by atoms with van der Waals surface area (Å²) in [6.07, 6.45) is 22.6. The van der Waals surface area contributed by atoms with Crippen molar-refractivity contribution in [1.29, 1.82) is 0 Å². The van der Waals surface area contributed by atoms with Gasteiger partial charge in [0.05, 0.1) is 0 Å². The van der Waals surface area contributed by atoms with Crippen LogP contribution in [0.3, 0.4) is 0 Å². The van der Waals surface area contributed by atoms with Gasteiger partial charge in [-0.05, 0) is 19.3 Å². The molecule has 0 heterocycles. The summed E-state index contributed by atoms with van der Waals surface area (Å²) in [6, 6.07) is 0. The van der Waals surface area contributed by atoms with E-state index in [2.05, 4.69) is 20.8 Å². The van der Waals surface area contributed by atoms with Crippen molar-refractivity contribution < 1.29 is 9.47 Å². The van der Waals surface area contributed by atoms with Crippen molar-refractivity contribution in [2.75, 3.05) is 13.2 Å². The van der Waals surface area contributed by atoms with Crippen molar-refractivity contribution in [3.63, 3.8) is 0 Å². The maximum absolute atomic E-state index is 5.89. The summed E-state index contributed by atoms with van der Waals surface area (Å²) in [5.74, 6) is 0. The highest BCUT2D eigenvalue weighted by atomic mass is 16.7. The molecule has 0 atom stereocenters. The van der Waals surface area contributed by atoms with E-state index in [0.717, 1.165) is 19.6 Å². The first-order valence-electron chi connectivity index (χ1n) is 11.6. The Kier molecular flexibility index (Phi) is 21.9. The highest BCUT2D eigenvalue weighted by Crippen LogP contribution is 2.11. The molecule has 0 bridgehead atoms. The zero-order chi connectivity index (χ0) is 18.4. The van der Waals surface area contributed by atoms with Gasteiger partial charge in [0, 0.05) is 13.2 Å². The van der Waals surface area contributed by atoms with E-state index in [1.807, 2.05) is 0 Å². The standard InChI is InChI=1S/C23H48O2/c1-4-7-9-11-13-15-17-19-21-24-23(6-3)25-22-20-18-16-14-12-10-8-5-2/h23H,4-22H2,1-3H3. The fourth-order valence-electron chi connectivity index (χ4n) is 3.19. The number of ether oxygens (including phenoxy) is 2. The summed E-state index contributed by atoms with van der Waals surface area (Å²) in [5, 5.41) is 0. The van der Waals surface area contributed by atoms with E-state index in [4.69, 9.17) is 9.47 Å². The van der Waals surface area contributed by atoms with Crippen LogP contribution in [-0.4, -0.2) is 19.5 Å². The Morgan fingerprint density at radius 1 is 0.440 bits per heavy atom. The third-order valence-corrected chi connectivity index (χ3v) is 4.94. The third-order valence-electron chi connectivity index (χ3n) is 4.94. The Balaban J connectivity index is 3.28. The van der Waals surface area contributed by atoms with Gasteiger partial charge in [0.25, 0.3) is 0 Å². The zero-order valence-electron chi connectivity index (χ0n) is 17.8. The lowest BCUT2D eigenvalue weighted by atomic mass is 10.1. The summed E-state index contributed by atoms with van der Waals surface area (Å²) >= 11 is 0. The van der Waals surface area contributed by atoms with Gasteiger partial charge < -0.3 is 9.47 Å². The second kappa shape index (κ2) is 22.0. The minimum absolute atomic E-state index is 0.0223. The van der Waals surface area contributed by atoms with Crippen LogP contribution in [0.2, 0.25) is 0 Å². The molecule has 152 valence electrons. The number of hydrogen-bond donors (Lipinski definition) is 0. The molecule has 0 aliphatic heterocycles. The molecule has 0 N–H and O–H groups in total. The first-order chi connectivity index (χ1) is 12.3. The van der Waals surface area contributed by atoms with E-state index in [-0.39, 0.29) is 6.29 Å². The summed E-state index contributed by atoms with van der Waals surface area (Å²) in [6.45, 7) is 8.44. The van der Waals surface area contributed by atoms with Crippen LogP contribution in [0.15, 0.2) is 0 Å². The molecular weight excluding hydrogens is 308 g/mol. The molecule has 2 nitrogen and oxygen atoms in total. The Morgan fingerprint density at radius 3 is 1.08 bits per heavy atom. The van der Waals surface area contributed by atoms with Crippen LogP contribution in [0.25, 0.3) is 0 Å². The quantitative estimate of drug-likeness (QED) is 0.153. The summed E-state index contributed by atoms with van der Waals surface area (Å²) < 4.78 is 11.8. The smallest absolute Gasteiger partial charge is 0.157 e. The monoisotopic (exact) mass is 356 g/mol. The van der Waals surface area contributed by atoms with Gasteiger partial charge in [-0.15, -0.1) is 0 Å². The van der Waals surface area contributed by atoms with Crippen molar-refractivity contribution >= 4 is 0 Å². The fraction of sp³-hybridized carbons (Fsp3) is 1.00. The van der Waals surface area contributed by atoms with Crippen molar-refractivity contribution in [1.82, 2.24) is 0 Å². The Bertz CT molecular complexity index is 208. The van der Waals surface area contributed by atoms with Crippen LogP contribution < -0.4 is 0 Å².